The second kappa shape index (κ2) is 7.62. The maximum absolute atomic E-state index is 11.9. The second-order valence-corrected chi connectivity index (χ2v) is 3.47. The number of benzene rings is 1. The van der Waals surface area contributed by atoms with Gasteiger partial charge in [0.2, 0.25) is 5.91 Å². The van der Waals surface area contributed by atoms with Crippen LogP contribution in [0.15, 0.2) is 24.3 Å². The van der Waals surface area contributed by atoms with Gasteiger partial charge >= 0.3 is 0 Å². The monoisotopic (exact) mass is 240 g/mol. The van der Waals surface area contributed by atoms with E-state index in [1.54, 1.807) is 31.3 Å². The molecule has 17 heavy (non-hydrogen) atoms. The van der Waals surface area contributed by atoms with Crippen molar-refractivity contribution in [3.63, 3.8) is 0 Å². The number of hydrogen-bond donors (Lipinski definition) is 2. The van der Waals surface area contributed by atoms with E-state index in [1.165, 1.54) is 0 Å². The Bertz CT molecular complexity index is 358. The highest BCUT2D eigenvalue weighted by Crippen LogP contribution is 2.17. The lowest BCUT2D eigenvalue weighted by molar-refractivity contribution is -0.116. The Morgan fingerprint density at radius 1 is 1.47 bits per heavy atom. The molecule has 4 nitrogen and oxygen atoms in total. The van der Waals surface area contributed by atoms with Gasteiger partial charge in [-0.2, -0.15) is 0 Å². The molecule has 0 fully saturated rings. The van der Waals surface area contributed by atoms with E-state index >= 15 is 0 Å². The third-order valence-electron chi connectivity index (χ3n) is 2.07. The van der Waals surface area contributed by atoms with Crippen LogP contribution in [0.5, 0.6) is 5.75 Å². The van der Waals surface area contributed by atoms with Gasteiger partial charge < -0.3 is 15.4 Å². The maximum Gasteiger partial charge on any atom is 0.225 e. The largest absolute Gasteiger partial charge is 0.491 e. The van der Waals surface area contributed by atoms with Crippen molar-refractivity contribution in [1.29, 1.82) is 0 Å². The minimum atomic E-state index is -0.529. The summed E-state index contributed by atoms with van der Waals surface area (Å²) in [7, 11) is 1.79. The van der Waals surface area contributed by atoms with Gasteiger partial charge in [-0.1, -0.05) is 6.07 Å². The van der Waals surface area contributed by atoms with Crippen LogP contribution in [-0.4, -0.2) is 32.8 Å². The fourth-order valence-electron chi connectivity index (χ4n) is 1.28. The lowest BCUT2D eigenvalue weighted by atomic mass is 10.3. The van der Waals surface area contributed by atoms with Crippen LogP contribution in [-0.2, 0) is 4.79 Å². The first-order valence-electron chi connectivity index (χ1n) is 5.49. The van der Waals surface area contributed by atoms with Crippen molar-refractivity contribution < 1.29 is 13.9 Å². The van der Waals surface area contributed by atoms with Gasteiger partial charge in [-0.25, -0.2) is 4.39 Å². The van der Waals surface area contributed by atoms with Crippen LogP contribution < -0.4 is 15.4 Å². The first kappa shape index (κ1) is 13.4. The lowest BCUT2D eigenvalue weighted by Crippen LogP contribution is -2.18. The standard InChI is InChI=1S/C12H17FN2O2/c1-14-7-5-12(16)15-10-3-2-4-11(9-10)17-8-6-13/h2-4,9,14H,5-8H2,1H3,(H,15,16). The van der Waals surface area contributed by atoms with Gasteiger partial charge in [-0.05, 0) is 19.2 Å². The van der Waals surface area contributed by atoms with Gasteiger partial charge in [0.1, 0.15) is 19.0 Å². The van der Waals surface area contributed by atoms with Crippen LogP contribution in [0.25, 0.3) is 0 Å². The molecule has 0 saturated carbocycles. The van der Waals surface area contributed by atoms with Crippen LogP contribution in [0.1, 0.15) is 6.42 Å². The van der Waals surface area contributed by atoms with E-state index < -0.39 is 6.67 Å². The molecule has 2 N–H and O–H groups in total. The number of ether oxygens (including phenoxy) is 1. The summed E-state index contributed by atoms with van der Waals surface area (Å²) < 4.78 is 17.0. The van der Waals surface area contributed by atoms with Crippen molar-refractivity contribution >= 4 is 11.6 Å². The van der Waals surface area contributed by atoms with Gasteiger partial charge in [0, 0.05) is 24.7 Å². The smallest absolute Gasteiger partial charge is 0.225 e. The number of nitrogens with one attached hydrogen (secondary N) is 2. The molecule has 1 aromatic carbocycles. The fraction of sp³-hybridized carbons (Fsp3) is 0.417. The molecule has 0 atom stereocenters. The molecule has 0 aliphatic carbocycles. The van der Waals surface area contributed by atoms with E-state index in [4.69, 9.17) is 4.74 Å². The van der Waals surface area contributed by atoms with E-state index in [0.29, 0.717) is 24.4 Å². The van der Waals surface area contributed by atoms with Crippen molar-refractivity contribution in [2.45, 2.75) is 6.42 Å². The fourth-order valence-corrected chi connectivity index (χ4v) is 1.28. The molecule has 1 amide bonds. The number of anilines is 1. The first-order chi connectivity index (χ1) is 8.26. The van der Waals surface area contributed by atoms with Gasteiger partial charge in [0.15, 0.2) is 0 Å². The molecule has 0 aromatic heterocycles. The highest BCUT2D eigenvalue weighted by atomic mass is 19.1. The normalized spacial score (nSPS) is 10.0. The van der Waals surface area contributed by atoms with Crippen LogP contribution in [0, 0.1) is 0 Å². The summed E-state index contributed by atoms with van der Waals surface area (Å²) in [5.41, 5.74) is 0.655. The zero-order valence-electron chi connectivity index (χ0n) is 9.83. The number of hydrogen-bond acceptors (Lipinski definition) is 3. The van der Waals surface area contributed by atoms with E-state index in [1.807, 2.05) is 0 Å². The maximum atomic E-state index is 11.9. The highest BCUT2D eigenvalue weighted by molar-refractivity contribution is 5.90. The molecular weight excluding hydrogens is 223 g/mol. The van der Waals surface area contributed by atoms with Crippen molar-refractivity contribution in [3.8, 4) is 5.75 Å². The molecule has 0 saturated heterocycles. The Kier molecular flexibility index (Phi) is 6.03. The van der Waals surface area contributed by atoms with Crippen molar-refractivity contribution in [1.82, 2.24) is 5.32 Å². The summed E-state index contributed by atoms with van der Waals surface area (Å²) in [4.78, 5) is 11.4. The molecule has 0 unspecified atom stereocenters. The zero-order valence-corrected chi connectivity index (χ0v) is 9.83. The predicted octanol–water partition coefficient (Wildman–Crippen LogP) is 1.58. The summed E-state index contributed by atoms with van der Waals surface area (Å²) >= 11 is 0. The minimum absolute atomic E-state index is 0.0250. The SMILES string of the molecule is CNCCC(=O)Nc1cccc(OCCF)c1. The number of carbonyl (C=O) groups is 1. The first-order valence-corrected chi connectivity index (χ1v) is 5.49. The number of alkyl halides is 1. The number of halogens is 1. The summed E-state index contributed by atoms with van der Waals surface area (Å²) in [6, 6.07) is 6.91. The van der Waals surface area contributed by atoms with E-state index in [-0.39, 0.29) is 12.5 Å². The average Bonchev–Trinajstić information content (AvgIpc) is 2.34. The molecule has 0 spiro atoms. The second-order valence-electron chi connectivity index (χ2n) is 3.47. The van der Waals surface area contributed by atoms with E-state index in [9.17, 15) is 9.18 Å². The Balaban J connectivity index is 2.50. The summed E-state index contributed by atoms with van der Waals surface area (Å²) in [6.45, 7) is 0.125. The Morgan fingerprint density at radius 3 is 3.00 bits per heavy atom. The quantitative estimate of drug-likeness (QED) is 0.761. The molecule has 94 valence electrons. The summed E-state index contributed by atoms with van der Waals surface area (Å²) in [5.74, 6) is 0.482. The summed E-state index contributed by atoms with van der Waals surface area (Å²) in [6.07, 6.45) is 0.409. The molecule has 1 rings (SSSR count). The molecule has 0 aliphatic heterocycles. The predicted molar refractivity (Wildman–Crippen MR) is 65.1 cm³/mol. The third-order valence-corrected chi connectivity index (χ3v) is 2.07. The number of carbonyl (C=O) groups excluding carboxylic acids is 1. The molecule has 1 aromatic rings. The average molecular weight is 240 g/mol. The molecule has 0 radical (unpaired) electrons. The number of rotatable bonds is 7. The Labute approximate surface area is 100 Å². The molecular formula is C12H17FN2O2. The van der Waals surface area contributed by atoms with Crippen molar-refractivity contribution in [2.75, 3.05) is 32.2 Å². The third kappa shape index (κ3) is 5.31. The highest BCUT2D eigenvalue weighted by Gasteiger charge is 2.02. The van der Waals surface area contributed by atoms with Crippen molar-refractivity contribution in [2.24, 2.45) is 0 Å². The Morgan fingerprint density at radius 2 is 2.29 bits per heavy atom. The van der Waals surface area contributed by atoms with Gasteiger partial charge in [0.05, 0.1) is 0 Å². The van der Waals surface area contributed by atoms with Gasteiger partial charge in [-0.15, -0.1) is 0 Å². The van der Waals surface area contributed by atoms with Crippen LogP contribution in [0.3, 0.4) is 0 Å². The summed E-state index contributed by atoms with van der Waals surface area (Å²) in [5, 5.41) is 5.64. The zero-order chi connectivity index (χ0) is 12.5. The van der Waals surface area contributed by atoms with Gasteiger partial charge in [0.25, 0.3) is 0 Å². The lowest BCUT2D eigenvalue weighted by Gasteiger charge is -2.08. The van der Waals surface area contributed by atoms with Crippen LogP contribution in [0.4, 0.5) is 10.1 Å². The Hall–Kier alpha value is -1.62. The van der Waals surface area contributed by atoms with Gasteiger partial charge in [-0.3, -0.25) is 4.79 Å². The molecule has 0 heterocycles. The molecule has 0 bridgehead atoms. The van der Waals surface area contributed by atoms with Crippen LogP contribution in [0.2, 0.25) is 0 Å². The van der Waals surface area contributed by atoms with Crippen LogP contribution >= 0.6 is 0 Å². The van der Waals surface area contributed by atoms with E-state index in [2.05, 4.69) is 10.6 Å². The molecule has 5 heteroatoms. The van der Waals surface area contributed by atoms with Crippen molar-refractivity contribution in [3.05, 3.63) is 24.3 Å². The number of amides is 1. The minimum Gasteiger partial charge on any atom is -0.491 e. The molecule has 0 aliphatic rings. The van der Waals surface area contributed by atoms with E-state index in [0.717, 1.165) is 0 Å². The topological polar surface area (TPSA) is 50.4 Å².